The molecular formula is C14H22N2O2. The highest BCUT2D eigenvalue weighted by molar-refractivity contribution is 5.91. The number of ether oxygens (including phenoxy) is 1. The summed E-state index contributed by atoms with van der Waals surface area (Å²) < 4.78 is 5.28. The van der Waals surface area contributed by atoms with Crippen LogP contribution in [0.4, 0.5) is 5.69 Å². The summed E-state index contributed by atoms with van der Waals surface area (Å²) >= 11 is 0. The molecule has 0 aliphatic heterocycles. The van der Waals surface area contributed by atoms with Crippen LogP contribution in [0.3, 0.4) is 0 Å². The SMILES string of the molecule is CCCOCCC(=O)Nc1ccccc1C(C)N. The molecule has 1 aromatic carbocycles. The fourth-order valence-corrected chi connectivity index (χ4v) is 1.63. The summed E-state index contributed by atoms with van der Waals surface area (Å²) in [6, 6.07) is 7.49. The van der Waals surface area contributed by atoms with Crippen molar-refractivity contribution >= 4 is 11.6 Å². The van der Waals surface area contributed by atoms with E-state index in [0.29, 0.717) is 19.6 Å². The minimum Gasteiger partial charge on any atom is -0.381 e. The number of nitrogens with one attached hydrogen (secondary N) is 1. The van der Waals surface area contributed by atoms with Crippen molar-refractivity contribution in [2.45, 2.75) is 32.7 Å². The van der Waals surface area contributed by atoms with Gasteiger partial charge in [-0.1, -0.05) is 25.1 Å². The fraction of sp³-hybridized carbons (Fsp3) is 0.500. The molecule has 4 heteroatoms. The molecule has 0 aliphatic rings. The van der Waals surface area contributed by atoms with Crippen molar-refractivity contribution in [3.8, 4) is 0 Å². The van der Waals surface area contributed by atoms with Crippen molar-refractivity contribution in [1.29, 1.82) is 0 Å². The molecule has 0 bridgehead atoms. The van der Waals surface area contributed by atoms with E-state index in [-0.39, 0.29) is 11.9 Å². The molecule has 0 aromatic heterocycles. The van der Waals surface area contributed by atoms with Crippen LogP contribution in [-0.2, 0) is 9.53 Å². The van der Waals surface area contributed by atoms with Gasteiger partial charge in [-0.3, -0.25) is 4.79 Å². The summed E-state index contributed by atoms with van der Waals surface area (Å²) in [5, 5.41) is 2.87. The van der Waals surface area contributed by atoms with Crippen LogP contribution in [0.1, 0.15) is 38.3 Å². The summed E-state index contributed by atoms with van der Waals surface area (Å²) in [5.74, 6) is -0.0424. The third kappa shape index (κ3) is 4.85. The monoisotopic (exact) mass is 250 g/mol. The zero-order chi connectivity index (χ0) is 13.4. The van der Waals surface area contributed by atoms with E-state index >= 15 is 0 Å². The van der Waals surface area contributed by atoms with Gasteiger partial charge in [-0.25, -0.2) is 0 Å². The molecule has 0 saturated carbocycles. The van der Waals surface area contributed by atoms with Crippen molar-refractivity contribution in [2.75, 3.05) is 18.5 Å². The number of para-hydroxylation sites is 1. The Morgan fingerprint density at radius 2 is 2.11 bits per heavy atom. The third-order valence-electron chi connectivity index (χ3n) is 2.55. The van der Waals surface area contributed by atoms with Gasteiger partial charge in [-0.2, -0.15) is 0 Å². The van der Waals surface area contributed by atoms with E-state index in [2.05, 4.69) is 5.32 Å². The first-order valence-electron chi connectivity index (χ1n) is 6.37. The summed E-state index contributed by atoms with van der Waals surface area (Å²) in [7, 11) is 0. The van der Waals surface area contributed by atoms with Crippen molar-refractivity contribution in [2.24, 2.45) is 5.73 Å². The molecule has 0 spiro atoms. The molecule has 0 aliphatic carbocycles. The summed E-state index contributed by atoms with van der Waals surface area (Å²) in [6.45, 7) is 5.10. The highest BCUT2D eigenvalue weighted by atomic mass is 16.5. The molecule has 1 unspecified atom stereocenters. The zero-order valence-electron chi connectivity index (χ0n) is 11.1. The van der Waals surface area contributed by atoms with Gasteiger partial charge in [0, 0.05) is 18.3 Å². The molecule has 18 heavy (non-hydrogen) atoms. The van der Waals surface area contributed by atoms with Gasteiger partial charge < -0.3 is 15.8 Å². The highest BCUT2D eigenvalue weighted by Gasteiger charge is 2.08. The first-order chi connectivity index (χ1) is 8.65. The van der Waals surface area contributed by atoms with Crippen molar-refractivity contribution in [3.05, 3.63) is 29.8 Å². The first kappa shape index (κ1) is 14.7. The Kier molecular flexibility index (Phi) is 6.39. The van der Waals surface area contributed by atoms with Crippen LogP contribution in [0, 0.1) is 0 Å². The molecule has 1 rings (SSSR count). The number of rotatable bonds is 7. The van der Waals surface area contributed by atoms with Crippen LogP contribution in [0.5, 0.6) is 0 Å². The smallest absolute Gasteiger partial charge is 0.226 e. The predicted molar refractivity (Wildman–Crippen MR) is 73.4 cm³/mol. The average molecular weight is 250 g/mol. The third-order valence-corrected chi connectivity index (χ3v) is 2.55. The number of hydrogen-bond donors (Lipinski definition) is 2. The van der Waals surface area contributed by atoms with E-state index in [1.54, 1.807) is 0 Å². The van der Waals surface area contributed by atoms with Crippen molar-refractivity contribution in [3.63, 3.8) is 0 Å². The van der Waals surface area contributed by atoms with E-state index in [4.69, 9.17) is 10.5 Å². The molecule has 4 nitrogen and oxygen atoms in total. The van der Waals surface area contributed by atoms with Gasteiger partial charge >= 0.3 is 0 Å². The van der Waals surface area contributed by atoms with E-state index in [0.717, 1.165) is 17.7 Å². The van der Waals surface area contributed by atoms with E-state index < -0.39 is 0 Å². The number of hydrogen-bond acceptors (Lipinski definition) is 3. The molecule has 0 fully saturated rings. The van der Waals surface area contributed by atoms with Crippen molar-refractivity contribution in [1.82, 2.24) is 0 Å². The van der Waals surface area contributed by atoms with E-state index in [1.165, 1.54) is 0 Å². The Hall–Kier alpha value is -1.39. The summed E-state index contributed by atoms with van der Waals surface area (Å²) in [6.07, 6.45) is 1.34. The normalized spacial score (nSPS) is 12.2. The maximum atomic E-state index is 11.7. The van der Waals surface area contributed by atoms with Crippen molar-refractivity contribution < 1.29 is 9.53 Å². The minimum absolute atomic E-state index is 0.0424. The molecule has 1 atom stereocenters. The number of carbonyl (C=O) groups is 1. The Balaban J connectivity index is 2.49. The van der Waals surface area contributed by atoms with Crippen LogP contribution in [0.25, 0.3) is 0 Å². The van der Waals surface area contributed by atoms with Gasteiger partial charge in [0.05, 0.1) is 13.0 Å². The van der Waals surface area contributed by atoms with Gasteiger partial charge in [-0.05, 0) is 25.0 Å². The second kappa shape index (κ2) is 7.84. The Bertz CT molecular complexity index is 378. The standard InChI is InChI=1S/C14H22N2O2/c1-3-9-18-10-8-14(17)16-13-7-5-4-6-12(13)11(2)15/h4-7,11H,3,8-10,15H2,1-2H3,(H,16,17). The maximum Gasteiger partial charge on any atom is 0.226 e. The van der Waals surface area contributed by atoms with Gasteiger partial charge in [0.1, 0.15) is 0 Å². The second-order valence-corrected chi connectivity index (χ2v) is 4.29. The lowest BCUT2D eigenvalue weighted by Gasteiger charge is -2.13. The van der Waals surface area contributed by atoms with E-state index in [1.807, 2.05) is 38.1 Å². The number of anilines is 1. The summed E-state index contributed by atoms with van der Waals surface area (Å²) in [4.78, 5) is 11.7. The molecule has 1 amide bonds. The van der Waals surface area contributed by atoms with Gasteiger partial charge in [-0.15, -0.1) is 0 Å². The van der Waals surface area contributed by atoms with Crippen LogP contribution < -0.4 is 11.1 Å². The lowest BCUT2D eigenvalue weighted by Crippen LogP contribution is -2.17. The number of amides is 1. The molecule has 0 heterocycles. The minimum atomic E-state index is -0.0992. The van der Waals surface area contributed by atoms with Crippen LogP contribution in [-0.4, -0.2) is 19.1 Å². The van der Waals surface area contributed by atoms with Gasteiger partial charge in [0.25, 0.3) is 0 Å². The zero-order valence-corrected chi connectivity index (χ0v) is 11.1. The molecule has 100 valence electrons. The lowest BCUT2D eigenvalue weighted by molar-refractivity contribution is -0.117. The summed E-state index contributed by atoms with van der Waals surface area (Å²) in [5.41, 5.74) is 7.58. The molecule has 1 aromatic rings. The highest BCUT2D eigenvalue weighted by Crippen LogP contribution is 2.20. The second-order valence-electron chi connectivity index (χ2n) is 4.29. The van der Waals surface area contributed by atoms with Crippen LogP contribution >= 0.6 is 0 Å². The maximum absolute atomic E-state index is 11.7. The van der Waals surface area contributed by atoms with E-state index in [9.17, 15) is 4.79 Å². The first-order valence-corrected chi connectivity index (χ1v) is 6.37. The van der Waals surface area contributed by atoms with Crippen LogP contribution in [0.15, 0.2) is 24.3 Å². The molecule has 3 N–H and O–H groups in total. The molecular weight excluding hydrogens is 228 g/mol. The number of carbonyl (C=O) groups excluding carboxylic acids is 1. The largest absolute Gasteiger partial charge is 0.381 e. The molecule has 0 saturated heterocycles. The number of benzene rings is 1. The fourth-order valence-electron chi connectivity index (χ4n) is 1.63. The Morgan fingerprint density at radius 1 is 1.39 bits per heavy atom. The number of nitrogens with two attached hydrogens (primary N) is 1. The quantitative estimate of drug-likeness (QED) is 0.731. The molecule has 0 radical (unpaired) electrons. The van der Waals surface area contributed by atoms with Gasteiger partial charge in [0.15, 0.2) is 0 Å². The van der Waals surface area contributed by atoms with Crippen LogP contribution in [0.2, 0.25) is 0 Å². The topological polar surface area (TPSA) is 64.3 Å². The van der Waals surface area contributed by atoms with Gasteiger partial charge in [0.2, 0.25) is 5.91 Å². The lowest BCUT2D eigenvalue weighted by atomic mass is 10.1. The Labute approximate surface area is 109 Å². The predicted octanol–water partition coefficient (Wildman–Crippen LogP) is 2.46. The average Bonchev–Trinajstić information content (AvgIpc) is 2.35. The Morgan fingerprint density at radius 3 is 2.78 bits per heavy atom.